The van der Waals surface area contributed by atoms with Crippen molar-refractivity contribution in [2.45, 2.75) is 6.92 Å². The van der Waals surface area contributed by atoms with Gasteiger partial charge in [-0.25, -0.2) is 4.68 Å². The molecule has 1 aromatic heterocycles. The van der Waals surface area contributed by atoms with Crippen molar-refractivity contribution in [2.24, 2.45) is 0 Å². The highest BCUT2D eigenvalue weighted by atomic mass is 16.5. The van der Waals surface area contributed by atoms with Crippen molar-refractivity contribution in [3.8, 4) is 17.2 Å². The Morgan fingerprint density at radius 2 is 1.94 bits per heavy atom. The van der Waals surface area contributed by atoms with E-state index in [4.69, 9.17) is 9.47 Å². The van der Waals surface area contributed by atoms with E-state index in [-0.39, 0.29) is 0 Å². The second-order valence-electron chi connectivity index (χ2n) is 3.42. The number of aryl methyl sites for hydroxylation is 1. The summed E-state index contributed by atoms with van der Waals surface area (Å²) in [5.41, 5.74) is 1.97. The Morgan fingerprint density at radius 1 is 1.12 bits per heavy atom. The number of nitrogens with zero attached hydrogens (tertiary/aromatic N) is 2. The highest BCUT2D eigenvalue weighted by Gasteiger charge is 2.08. The van der Waals surface area contributed by atoms with Crippen molar-refractivity contribution in [3.63, 3.8) is 0 Å². The summed E-state index contributed by atoms with van der Waals surface area (Å²) in [6.45, 7) is 2.00. The van der Waals surface area contributed by atoms with Crippen molar-refractivity contribution >= 4 is 0 Å². The molecule has 0 radical (unpaired) electrons. The maximum absolute atomic E-state index is 5.33. The molecule has 0 N–H and O–H groups in total. The molecule has 0 unspecified atom stereocenters. The van der Waals surface area contributed by atoms with Gasteiger partial charge in [0.25, 0.3) is 0 Å². The average Bonchev–Trinajstić information content (AvgIpc) is 2.74. The smallest absolute Gasteiger partial charge is 0.148 e. The number of hydrogen-bond acceptors (Lipinski definition) is 3. The number of aromatic nitrogens is 2. The Kier molecular flexibility index (Phi) is 2.81. The second kappa shape index (κ2) is 4.26. The van der Waals surface area contributed by atoms with Gasteiger partial charge in [-0.2, -0.15) is 5.10 Å². The first kappa shape index (κ1) is 10.5. The predicted molar refractivity (Wildman–Crippen MR) is 61.4 cm³/mol. The van der Waals surface area contributed by atoms with Crippen LogP contribution in [0.3, 0.4) is 0 Å². The summed E-state index contributed by atoms with van der Waals surface area (Å²) in [5.74, 6) is 1.51. The van der Waals surface area contributed by atoms with E-state index in [9.17, 15) is 0 Å². The van der Waals surface area contributed by atoms with Crippen molar-refractivity contribution in [1.29, 1.82) is 0 Å². The summed E-state index contributed by atoms with van der Waals surface area (Å²) in [6.07, 6.45) is 1.76. The standard InChI is InChI=1S/C12H14N2O2/c1-9-6-7-13-14(9)11-5-4-10(15-2)8-12(11)16-3/h4-8H,1-3H3. The molecule has 0 spiro atoms. The SMILES string of the molecule is COc1ccc(-n2nccc2C)c(OC)c1. The molecule has 2 rings (SSSR count). The molecule has 0 saturated carbocycles. The fraction of sp³-hybridized carbons (Fsp3) is 0.250. The fourth-order valence-corrected chi connectivity index (χ4v) is 1.58. The molecule has 0 amide bonds. The van der Waals surface area contributed by atoms with Gasteiger partial charge in [0, 0.05) is 18.0 Å². The minimum absolute atomic E-state index is 0.742. The fourth-order valence-electron chi connectivity index (χ4n) is 1.58. The Hall–Kier alpha value is -1.97. The zero-order valence-electron chi connectivity index (χ0n) is 9.60. The lowest BCUT2D eigenvalue weighted by Gasteiger charge is -2.11. The summed E-state index contributed by atoms with van der Waals surface area (Å²) < 4.78 is 12.3. The summed E-state index contributed by atoms with van der Waals surface area (Å²) in [6, 6.07) is 7.61. The topological polar surface area (TPSA) is 36.3 Å². The van der Waals surface area contributed by atoms with Crippen LogP contribution >= 0.6 is 0 Å². The maximum Gasteiger partial charge on any atom is 0.148 e. The van der Waals surface area contributed by atoms with Crippen LogP contribution in [0.4, 0.5) is 0 Å². The summed E-state index contributed by atoms with van der Waals surface area (Å²) in [7, 11) is 3.27. The lowest BCUT2D eigenvalue weighted by Crippen LogP contribution is -2.01. The zero-order chi connectivity index (χ0) is 11.5. The molecule has 2 aromatic rings. The molecule has 0 saturated heterocycles. The highest BCUT2D eigenvalue weighted by Crippen LogP contribution is 2.27. The van der Waals surface area contributed by atoms with E-state index in [0.717, 1.165) is 22.9 Å². The number of ether oxygens (including phenoxy) is 2. The number of methoxy groups -OCH3 is 2. The van der Waals surface area contributed by atoms with E-state index >= 15 is 0 Å². The van der Waals surface area contributed by atoms with E-state index in [2.05, 4.69) is 5.10 Å². The maximum atomic E-state index is 5.33. The summed E-state index contributed by atoms with van der Waals surface area (Å²) >= 11 is 0. The lowest BCUT2D eigenvalue weighted by molar-refractivity contribution is 0.392. The largest absolute Gasteiger partial charge is 0.497 e. The van der Waals surface area contributed by atoms with Gasteiger partial charge in [-0.15, -0.1) is 0 Å². The quantitative estimate of drug-likeness (QED) is 0.792. The van der Waals surface area contributed by atoms with Gasteiger partial charge >= 0.3 is 0 Å². The van der Waals surface area contributed by atoms with Crippen molar-refractivity contribution in [3.05, 3.63) is 36.2 Å². The Bertz CT molecular complexity index is 492. The number of hydrogen-bond donors (Lipinski definition) is 0. The number of rotatable bonds is 3. The summed E-state index contributed by atoms with van der Waals surface area (Å²) in [4.78, 5) is 0. The Morgan fingerprint density at radius 3 is 2.50 bits per heavy atom. The van der Waals surface area contributed by atoms with Crippen LogP contribution < -0.4 is 9.47 Å². The lowest BCUT2D eigenvalue weighted by atomic mass is 10.2. The molecular formula is C12H14N2O2. The van der Waals surface area contributed by atoms with Crippen LogP contribution in [0.2, 0.25) is 0 Å². The van der Waals surface area contributed by atoms with Crippen molar-refractivity contribution in [1.82, 2.24) is 9.78 Å². The minimum Gasteiger partial charge on any atom is -0.497 e. The third kappa shape index (κ3) is 1.74. The van der Waals surface area contributed by atoms with Gasteiger partial charge in [-0.05, 0) is 25.1 Å². The van der Waals surface area contributed by atoms with Crippen molar-refractivity contribution in [2.75, 3.05) is 14.2 Å². The van der Waals surface area contributed by atoms with E-state index < -0.39 is 0 Å². The molecule has 84 valence electrons. The van der Waals surface area contributed by atoms with Crippen molar-refractivity contribution < 1.29 is 9.47 Å². The van der Waals surface area contributed by atoms with Crippen LogP contribution in [0.1, 0.15) is 5.69 Å². The number of benzene rings is 1. The monoisotopic (exact) mass is 218 g/mol. The third-order valence-electron chi connectivity index (χ3n) is 2.45. The average molecular weight is 218 g/mol. The molecule has 0 aliphatic heterocycles. The molecule has 0 atom stereocenters. The molecular weight excluding hydrogens is 204 g/mol. The molecule has 1 aromatic carbocycles. The van der Waals surface area contributed by atoms with Gasteiger partial charge in [-0.1, -0.05) is 0 Å². The normalized spacial score (nSPS) is 10.2. The van der Waals surface area contributed by atoms with Gasteiger partial charge < -0.3 is 9.47 Å². The minimum atomic E-state index is 0.742. The van der Waals surface area contributed by atoms with Gasteiger partial charge in [0.05, 0.1) is 14.2 Å². The van der Waals surface area contributed by atoms with E-state index in [0.29, 0.717) is 0 Å². The molecule has 4 heteroatoms. The molecule has 16 heavy (non-hydrogen) atoms. The molecule has 4 nitrogen and oxygen atoms in total. The zero-order valence-corrected chi connectivity index (χ0v) is 9.60. The van der Waals surface area contributed by atoms with Crippen LogP contribution in [0.25, 0.3) is 5.69 Å². The van der Waals surface area contributed by atoms with Crippen LogP contribution in [-0.4, -0.2) is 24.0 Å². The van der Waals surface area contributed by atoms with E-state index in [1.807, 2.05) is 35.9 Å². The molecule has 0 aliphatic carbocycles. The summed E-state index contributed by atoms with van der Waals surface area (Å²) in [5, 5.41) is 4.25. The van der Waals surface area contributed by atoms with Crippen LogP contribution in [-0.2, 0) is 0 Å². The second-order valence-corrected chi connectivity index (χ2v) is 3.42. The van der Waals surface area contributed by atoms with Crippen LogP contribution in [0.15, 0.2) is 30.5 Å². The Labute approximate surface area is 94.4 Å². The Balaban J connectivity index is 2.53. The first-order chi connectivity index (χ1) is 7.76. The third-order valence-corrected chi connectivity index (χ3v) is 2.45. The van der Waals surface area contributed by atoms with Crippen LogP contribution in [0.5, 0.6) is 11.5 Å². The first-order valence-corrected chi connectivity index (χ1v) is 4.99. The van der Waals surface area contributed by atoms with Gasteiger partial charge in [0.2, 0.25) is 0 Å². The molecule has 0 bridgehead atoms. The van der Waals surface area contributed by atoms with Gasteiger partial charge in [0.1, 0.15) is 17.2 Å². The molecule has 1 heterocycles. The highest BCUT2D eigenvalue weighted by molar-refractivity contribution is 5.51. The van der Waals surface area contributed by atoms with Gasteiger partial charge in [-0.3, -0.25) is 0 Å². The van der Waals surface area contributed by atoms with E-state index in [1.165, 1.54) is 0 Å². The molecule has 0 fully saturated rings. The predicted octanol–water partition coefficient (Wildman–Crippen LogP) is 2.20. The van der Waals surface area contributed by atoms with E-state index in [1.54, 1.807) is 20.4 Å². The van der Waals surface area contributed by atoms with Crippen LogP contribution in [0, 0.1) is 6.92 Å². The van der Waals surface area contributed by atoms with Gasteiger partial charge in [0.15, 0.2) is 0 Å². The first-order valence-electron chi connectivity index (χ1n) is 4.99. The molecule has 0 aliphatic rings.